The normalized spacial score (nSPS) is 16.7. The van der Waals surface area contributed by atoms with Gasteiger partial charge >= 0.3 is 0 Å². The third-order valence-corrected chi connectivity index (χ3v) is 2.15. The van der Waals surface area contributed by atoms with E-state index in [1.54, 1.807) is 12.3 Å². The monoisotopic (exact) mass is 192 g/mol. The molecule has 0 saturated carbocycles. The highest BCUT2D eigenvalue weighted by Crippen LogP contribution is 2.03. The van der Waals surface area contributed by atoms with Crippen molar-refractivity contribution >= 4 is 5.84 Å². The van der Waals surface area contributed by atoms with Crippen molar-refractivity contribution in [3.63, 3.8) is 0 Å². The molecule has 1 aliphatic rings. The predicted octanol–water partition coefficient (Wildman–Crippen LogP) is 0.134. The maximum absolute atomic E-state index is 7.90. The number of morpholine rings is 1. The second-order valence-electron chi connectivity index (χ2n) is 3.04. The Balaban J connectivity index is 2.07. The van der Waals surface area contributed by atoms with Crippen molar-refractivity contribution in [1.29, 1.82) is 5.41 Å². The maximum Gasteiger partial charge on any atom is 0.147 e. The van der Waals surface area contributed by atoms with Gasteiger partial charge in [-0.15, -0.1) is 0 Å². The van der Waals surface area contributed by atoms with E-state index in [0.717, 1.165) is 13.1 Å². The summed E-state index contributed by atoms with van der Waals surface area (Å²) in [7, 11) is 0. The fraction of sp³-hybridized carbons (Fsp3) is 0.444. The summed E-state index contributed by atoms with van der Waals surface area (Å²) in [5.74, 6) is 0.454. The number of nitrogens with one attached hydrogen (secondary N) is 1. The molecule has 0 bridgehead atoms. The van der Waals surface area contributed by atoms with Crippen molar-refractivity contribution in [2.24, 2.45) is 0 Å². The number of ether oxygens (including phenoxy) is 1. The molecule has 1 aromatic heterocycles. The van der Waals surface area contributed by atoms with Gasteiger partial charge in [0.2, 0.25) is 0 Å². The first-order valence-corrected chi connectivity index (χ1v) is 4.55. The van der Waals surface area contributed by atoms with Crippen LogP contribution in [0.15, 0.2) is 18.6 Å². The van der Waals surface area contributed by atoms with Crippen LogP contribution in [0.5, 0.6) is 0 Å². The topological polar surface area (TPSA) is 62.1 Å². The molecular formula is C9H12N4O. The van der Waals surface area contributed by atoms with Crippen LogP contribution < -0.4 is 0 Å². The number of nitrogens with zero attached hydrogens (tertiary/aromatic N) is 3. The standard InChI is InChI=1S/C9H12N4O/c10-9(8-1-2-11-7-12-8)13-3-5-14-6-4-13/h1-2,7,10H,3-6H2. The zero-order chi connectivity index (χ0) is 9.80. The van der Waals surface area contributed by atoms with Crippen LogP contribution in [0.2, 0.25) is 0 Å². The Morgan fingerprint density at radius 3 is 2.86 bits per heavy atom. The summed E-state index contributed by atoms with van der Waals surface area (Å²) in [5.41, 5.74) is 0.668. The lowest BCUT2D eigenvalue weighted by Gasteiger charge is -2.28. The van der Waals surface area contributed by atoms with E-state index in [2.05, 4.69) is 9.97 Å². The van der Waals surface area contributed by atoms with Crippen LogP contribution in [-0.2, 0) is 4.74 Å². The van der Waals surface area contributed by atoms with E-state index < -0.39 is 0 Å². The van der Waals surface area contributed by atoms with Gasteiger partial charge in [-0.25, -0.2) is 9.97 Å². The molecular weight excluding hydrogens is 180 g/mol. The highest BCUT2D eigenvalue weighted by Gasteiger charge is 2.15. The molecule has 5 nitrogen and oxygen atoms in total. The van der Waals surface area contributed by atoms with Gasteiger partial charge in [-0.2, -0.15) is 0 Å². The number of amidine groups is 1. The molecule has 0 aromatic carbocycles. The summed E-state index contributed by atoms with van der Waals surface area (Å²) in [6.45, 7) is 2.91. The van der Waals surface area contributed by atoms with E-state index in [1.807, 2.05) is 4.90 Å². The molecule has 0 unspecified atom stereocenters. The Morgan fingerprint density at radius 1 is 1.43 bits per heavy atom. The Bertz CT molecular complexity index is 308. The minimum absolute atomic E-state index is 0.454. The van der Waals surface area contributed by atoms with Crippen molar-refractivity contribution in [2.75, 3.05) is 26.3 Å². The third-order valence-electron chi connectivity index (χ3n) is 2.15. The predicted molar refractivity (Wildman–Crippen MR) is 51.3 cm³/mol. The van der Waals surface area contributed by atoms with Gasteiger partial charge in [-0.1, -0.05) is 0 Å². The van der Waals surface area contributed by atoms with Gasteiger partial charge in [0, 0.05) is 19.3 Å². The third kappa shape index (κ3) is 1.88. The number of hydrogen-bond acceptors (Lipinski definition) is 4. The molecule has 2 heterocycles. The minimum atomic E-state index is 0.454. The van der Waals surface area contributed by atoms with E-state index in [0.29, 0.717) is 24.7 Å². The second kappa shape index (κ2) is 4.15. The highest BCUT2D eigenvalue weighted by molar-refractivity contribution is 5.94. The highest BCUT2D eigenvalue weighted by atomic mass is 16.5. The van der Waals surface area contributed by atoms with Crippen LogP contribution >= 0.6 is 0 Å². The Hall–Kier alpha value is -1.49. The minimum Gasteiger partial charge on any atom is -0.378 e. The molecule has 0 spiro atoms. The Labute approximate surface area is 82.2 Å². The molecule has 1 fully saturated rings. The number of rotatable bonds is 1. The van der Waals surface area contributed by atoms with Crippen molar-refractivity contribution < 1.29 is 4.74 Å². The molecule has 0 atom stereocenters. The van der Waals surface area contributed by atoms with Gasteiger partial charge < -0.3 is 9.64 Å². The first-order chi connectivity index (χ1) is 6.88. The summed E-state index contributed by atoms with van der Waals surface area (Å²) < 4.78 is 5.21. The molecule has 1 saturated heterocycles. The van der Waals surface area contributed by atoms with E-state index in [1.165, 1.54) is 6.33 Å². The smallest absolute Gasteiger partial charge is 0.147 e. The molecule has 0 aliphatic carbocycles. The van der Waals surface area contributed by atoms with E-state index in [9.17, 15) is 0 Å². The van der Waals surface area contributed by atoms with Gasteiger partial charge in [0.1, 0.15) is 17.9 Å². The summed E-state index contributed by atoms with van der Waals surface area (Å²) >= 11 is 0. The fourth-order valence-corrected chi connectivity index (χ4v) is 1.38. The van der Waals surface area contributed by atoms with Crippen LogP contribution in [-0.4, -0.2) is 47.0 Å². The summed E-state index contributed by atoms with van der Waals surface area (Å²) in [6, 6.07) is 1.75. The van der Waals surface area contributed by atoms with Gasteiger partial charge in [-0.05, 0) is 6.07 Å². The molecule has 5 heteroatoms. The first-order valence-electron chi connectivity index (χ1n) is 4.55. The van der Waals surface area contributed by atoms with Crippen molar-refractivity contribution in [3.8, 4) is 0 Å². The zero-order valence-corrected chi connectivity index (χ0v) is 7.81. The van der Waals surface area contributed by atoms with Crippen molar-refractivity contribution in [2.45, 2.75) is 0 Å². The summed E-state index contributed by atoms with van der Waals surface area (Å²) in [5, 5.41) is 7.90. The molecule has 14 heavy (non-hydrogen) atoms. The van der Waals surface area contributed by atoms with Gasteiger partial charge in [0.05, 0.1) is 13.2 Å². The number of hydrogen-bond donors (Lipinski definition) is 1. The molecule has 74 valence electrons. The second-order valence-corrected chi connectivity index (χ2v) is 3.04. The Morgan fingerprint density at radius 2 is 2.21 bits per heavy atom. The molecule has 0 amide bonds. The van der Waals surface area contributed by atoms with Gasteiger partial charge in [0.25, 0.3) is 0 Å². The molecule has 1 aliphatic heterocycles. The van der Waals surface area contributed by atoms with Crippen LogP contribution in [0.25, 0.3) is 0 Å². The van der Waals surface area contributed by atoms with E-state index in [-0.39, 0.29) is 0 Å². The first kappa shape index (κ1) is 9.08. The quantitative estimate of drug-likeness (QED) is 0.507. The fourth-order valence-electron chi connectivity index (χ4n) is 1.38. The van der Waals surface area contributed by atoms with Crippen molar-refractivity contribution in [3.05, 3.63) is 24.3 Å². The van der Waals surface area contributed by atoms with Crippen molar-refractivity contribution in [1.82, 2.24) is 14.9 Å². The largest absolute Gasteiger partial charge is 0.378 e. The average Bonchev–Trinajstić information content (AvgIpc) is 2.30. The summed E-state index contributed by atoms with van der Waals surface area (Å²) in [6.07, 6.45) is 3.11. The van der Waals surface area contributed by atoms with Gasteiger partial charge in [0.15, 0.2) is 0 Å². The molecule has 0 radical (unpaired) electrons. The molecule has 2 rings (SSSR count). The summed E-state index contributed by atoms with van der Waals surface area (Å²) in [4.78, 5) is 9.82. The maximum atomic E-state index is 7.90. The molecule has 1 aromatic rings. The van der Waals surface area contributed by atoms with Crippen LogP contribution in [0.4, 0.5) is 0 Å². The zero-order valence-electron chi connectivity index (χ0n) is 7.81. The SMILES string of the molecule is N=C(c1ccncn1)N1CCOCC1. The lowest BCUT2D eigenvalue weighted by molar-refractivity contribution is 0.0679. The number of aromatic nitrogens is 2. The average molecular weight is 192 g/mol. The lowest BCUT2D eigenvalue weighted by Crippen LogP contribution is -2.41. The van der Waals surface area contributed by atoms with Crippen LogP contribution in [0.1, 0.15) is 5.69 Å². The lowest BCUT2D eigenvalue weighted by atomic mass is 10.3. The van der Waals surface area contributed by atoms with E-state index >= 15 is 0 Å². The van der Waals surface area contributed by atoms with Gasteiger partial charge in [-0.3, -0.25) is 5.41 Å². The van der Waals surface area contributed by atoms with Crippen LogP contribution in [0.3, 0.4) is 0 Å². The Kier molecular flexibility index (Phi) is 2.69. The van der Waals surface area contributed by atoms with E-state index in [4.69, 9.17) is 10.1 Å². The van der Waals surface area contributed by atoms with Crippen LogP contribution in [0, 0.1) is 5.41 Å². The molecule has 1 N–H and O–H groups in total.